The second-order valence-electron chi connectivity index (χ2n) is 6.61. The standard InChI is InChI=1S/C21H23NO3/c1-2-24-17-11-9-15(10-12-17)18-7-5-13-22(18)21(23)20-14-16-6-3-4-8-19(16)25-20/h3-4,6,8-12,18,20H,2,5,7,13-14H2,1H3/t18-,20+/m0/s1. The van der Waals surface area contributed by atoms with Gasteiger partial charge in [0.2, 0.25) is 0 Å². The first-order chi connectivity index (χ1) is 12.3. The van der Waals surface area contributed by atoms with Gasteiger partial charge in [-0.15, -0.1) is 0 Å². The van der Waals surface area contributed by atoms with E-state index in [0.29, 0.717) is 13.0 Å². The number of nitrogens with zero attached hydrogens (tertiary/aromatic N) is 1. The molecule has 2 aliphatic rings. The molecule has 1 fully saturated rings. The summed E-state index contributed by atoms with van der Waals surface area (Å²) < 4.78 is 11.4. The van der Waals surface area contributed by atoms with Crippen LogP contribution in [-0.4, -0.2) is 30.1 Å². The van der Waals surface area contributed by atoms with Crippen LogP contribution >= 0.6 is 0 Å². The Kier molecular flexibility index (Phi) is 4.35. The van der Waals surface area contributed by atoms with Gasteiger partial charge in [0, 0.05) is 13.0 Å². The normalized spacial score (nSPS) is 21.7. The van der Waals surface area contributed by atoms with Gasteiger partial charge in [-0.2, -0.15) is 0 Å². The lowest BCUT2D eigenvalue weighted by molar-refractivity contribution is -0.138. The largest absolute Gasteiger partial charge is 0.494 e. The number of benzene rings is 2. The minimum Gasteiger partial charge on any atom is -0.494 e. The van der Waals surface area contributed by atoms with Gasteiger partial charge in [-0.1, -0.05) is 30.3 Å². The molecule has 0 bridgehead atoms. The molecule has 2 atom stereocenters. The highest BCUT2D eigenvalue weighted by Crippen LogP contribution is 2.36. The summed E-state index contributed by atoms with van der Waals surface area (Å²) in [6.07, 6.45) is 2.31. The number of hydrogen-bond acceptors (Lipinski definition) is 3. The maximum absolute atomic E-state index is 13.0. The Morgan fingerprint density at radius 3 is 2.76 bits per heavy atom. The van der Waals surface area contributed by atoms with Gasteiger partial charge in [0.15, 0.2) is 6.10 Å². The maximum atomic E-state index is 13.0. The fraction of sp³-hybridized carbons (Fsp3) is 0.381. The number of rotatable bonds is 4. The fourth-order valence-electron chi connectivity index (χ4n) is 3.83. The Balaban J connectivity index is 1.49. The third kappa shape index (κ3) is 3.09. The average Bonchev–Trinajstić information content (AvgIpc) is 3.29. The number of ether oxygens (including phenoxy) is 2. The molecule has 0 aromatic heterocycles. The Morgan fingerprint density at radius 1 is 1.20 bits per heavy atom. The molecule has 2 heterocycles. The van der Waals surface area contributed by atoms with Crippen molar-refractivity contribution < 1.29 is 14.3 Å². The smallest absolute Gasteiger partial charge is 0.264 e. The van der Waals surface area contributed by atoms with Gasteiger partial charge in [-0.3, -0.25) is 4.79 Å². The van der Waals surface area contributed by atoms with Crippen molar-refractivity contribution in [1.82, 2.24) is 4.90 Å². The highest BCUT2D eigenvalue weighted by Gasteiger charge is 2.37. The molecule has 1 saturated heterocycles. The van der Waals surface area contributed by atoms with Gasteiger partial charge in [0.1, 0.15) is 11.5 Å². The SMILES string of the molecule is CCOc1ccc([C@@H]2CCCN2C(=O)[C@H]2Cc3ccccc3O2)cc1. The number of carbonyl (C=O) groups is 1. The Morgan fingerprint density at radius 2 is 2.00 bits per heavy atom. The minimum atomic E-state index is -0.388. The molecule has 0 aliphatic carbocycles. The summed E-state index contributed by atoms with van der Waals surface area (Å²) in [6, 6.07) is 16.2. The van der Waals surface area contributed by atoms with Gasteiger partial charge in [-0.05, 0) is 49.1 Å². The first-order valence-corrected chi connectivity index (χ1v) is 9.04. The van der Waals surface area contributed by atoms with Crippen molar-refractivity contribution in [3.05, 3.63) is 59.7 Å². The number of hydrogen-bond donors (Lipinski definition) is 0. The highest BCUT2D eigenvalue weighted by molar-refractivity contribution is 5.83. The van der Waals surface area contributed by atoms with E-state index < -0.39 is 0 Å². The van der Waals surface area contributed by atoms with E-state index in [1.54, 1.807) is 0 Å². The zero-order chi connectivity index (χ0) is 17.2. The van der Waals surface area contributed by atoms with Crippen molar-refractivity contribution in [2.24, 2.45) is 0 Å². The number of carbonyl (C=O) groups excluding carboxylic acids is 1. The molecular weight excluding hydrogens is 314 g/mol. The Hall–Kier alpha value is -2.49. The molecule has 1 amide bonds. The average molecular weight is 337 g/mol. The van der Waals surface area contributed by atoms with Gasteiger partial charge in [0.05, 0.1) is 12.6 Å². The topological polar surface area (TPSA) is 38.8 Å². The predicted octanol–water partition coefficient (Wildman–Crippen LogP) is 3.75. The second-order valence-corrected chi connectivity index (χ2v) is 6.61. The van der Waals surface area contributed by atoms with Crippen LogP contribution in [0, 0.1) is 0 Å². The molecule has 4 heteroatoms. The van der Waals surface area contributed by atoms with E-state index in [4.69, 9.17) is 9.47 Å². The minimum absolute atomic E-state index is 0.104. The van der Waals surface area contributed by atoms with Crippen molar-refractivity contribution in [3.8, 4) is 11.5 Å². The molecular formula is C21H23NO3. The lowest BCUT2D eigenvalue weighted by Gasteiger charge is -2.27. The van der Waals surface area contributed by atoms with Crippen LogP contribution in [0.4, 0.5) is 0 Å². The maximum Gasteiger partial charge on any atom is 0.264 e. The van der Waals surface area contributed by atoms with Crippen LogP contribution in [0.3, 0.4) is 0 Å². The van der Waals surface area contributed by atoms with Crippen molar-refractivity contribution >= 4 is 5.91 Å². The van der Waals surface area contributed by atoms with E-state index in [0.717, 1.165) is 36.4 Å². The molecule has 0 saturated carbocycles. The summed E-state index contributed by atoms with van der Waals surface area (Å²) in [7, 11) is 0. The van der Waals surface area contributed by atoms with Crippen molar-refractivity contribution in [1.29, 1.82) is 0 Å². The molecule has 0 N–H and O–H groups in total. The zero-order valence-corrected chi connectivity index (χ0v) is 14.5. The molecule has 25 heavy (non-hydrogen) atoms. The molecule has 2 aromatic rings. The third-order valence-corrected chi connectivity index (χ3v) is 5.03. The van der Waals surface area contributed by atoms with Gasteiger partial charge < -0.3 is 14.4 Å². The summed E-state index contributed by atoms with van der Waals surface area (Å²) in [4.78, 5) is 15.0. The second kappa shape index (κ2) is 6.79. The van der Waals surface area contributed by atoms with Crippen LogP contribution in [-0.2, 0) is 11.2 Å². The first kappa shape index (κ1) is 16.0. The molecule has 2 aromatic carbocycles. The van der Waals surface area contributed by atoms with Crippen LogP contribution in [0.1, 0.15) is 36.9 Å². The number of likely N-dealkylation sites (tertiary alicyclic amines) is 1. The molecule has 4 nitrogen and oxygen atoms in total. The molecule has 0 spiro atoms. The summed E-state index contributed by atoms with van der Waals surface area (Å²) in [5.74, 6) is 1.82. The van der Waals surface area contributed by atoms with Gasteiger partial charge in [-0.25, -0.2) is 0 Å². The van der Waals surface area contributed by atoms with Crippen LogP contribution in [0.5, 0.6) is 11.5 Å². The number of fused-ring (bicyclic) bond motifs is 1. The van der Waals surface area contributed by atoms with E-state index in [1.165, 1.54) is 5.56 Å². The Labute approximate surface area is 148 Å². The predicted molar refractivity (Wildman–Crippen MR) is 95.9 cm³/mol. The van der Waals surface area contributed by atoms with E-state index in [2.05, 4.69) is 12.1 Å². The molecule has 4 rings (SSSR count). The van der Waals surface area contributed by atoms with Crippen LogP contribution in [0.2, 0.25) is 0 Å². The zero-order valence-electron chi connectivity index (χ0n) is 14.5. The summed E-state index contributed by atoms with van der Waals surface area (Å²) in [5, 5.41) is 0. The quantitative estimate of drug-likeness (QED) is 0.853. The van der Waals surface area contributed by atoms with E-state index in [-0.39, 0.29) is 18.1 Å². The summed E-state index contributed by atoms with van der Waals surface area (Å²) in [5.41, 5.74) is 2.29. The molecule has 0 radical (unpaired) electrons. The van der Waals surface area contributed by atoms with Crippen molar-refractivity contribution in [2.45, 2.75) is 38.3 Å². The number of amides is 1. The van der Waals surface area contributed by atoms with Gasteiger partial charge >= 0.3 is 0 Å². The highest BCUT2D eigenvalue weighted by atomic mass is 16.5. The molecule has 0 unspecified atom stereocenters. The van der Waals surface area contributed by atoms with Crippen LogP contribution in [0.15, 0.2) is 48.5 Å². The molecule has 130 valence electrons. The lowest BCUT2D eigenvalue weighted by atomic mass is 10.0. The van der Waals surface area contributed by atoms with Gasteiger partial charge in [0.25, 0.3) is 5.91 Å². The third-order valence-electron chi connectivity index (χ3n) is 5.03. The summed E-state index contributed by atoms with van der Waals surface area (Å²) in [6.45, 7) is 3.44. The van der Waals surface area contributed by atoms with E-state index >= 15 is 0 Å². The van der Waals surface area contributed by atoms with Crippen LogP contribution in [0.25, 0.3) is 0 Å². The van der Waals surface area contributed by atoms with Crippen molar-refractivity contribution in [3.63, 3.8) is 0 Å². The molecule has 2 aliphatic heterocycles. The van der Waals surface area contributed by atoms with Crippen molar-refractivity contribution in [2.75, 3.05) is 13.2 Å². The fourth-order valence-corrected chi connectivity index (χ4v) is 3.83. The monoisotopic (exact) mass is 337 g/mol. The van der Waals surface area contributed by atoms with Crippen LogP contribution < -0.4 is 9.47 Å². The Bertz CT molecular complexity index is 731. The number of para-hydroxylation sites is 1. The van der Waals surface area contributed by atoms with E-state index in [1.807, 2.05) is 48.2 Å². The lowest BCUT2D eigenvalue weighted by Crippen LogP contribution is -2.40. The van der Waals surface area contributed by atoms with E-state index in [9.17, 15) is 4.79 Å². The first-order valence-electron chi connectivity index (χ1n) is 9.04. The summed E-state index contributed by atoms with van der Waals surface area (Å²) >= 11 is 0.